The van der Waals surface area contributed by atoms with Gasteiger partial charge in [0.05, 0.1) is 23.4 Å². The van der Waals surface area contributed by atoms with Gasteiger partial charge in [-0.25, -0.2) is 4.79 Å². The van der Waals surface area contributed by atoms with Crippen molar-refractivity contribution in [2.75, 3.05) is 13.7 Å². The van der Waals surface area contributed by atoms with Gasteiger partial charge in [0, 0.05) is 11.4 Å². The van der Waals surface area contributed by atoms with E-state index in [0.717, 1.165) is 10.4 Å². The van der Waals surface area contributed by atoms with Crippen molar-refractivity contribution in [3.05, 3.63) is 50.7 Å². The smallest absolute Gasteiger partial charge is 0.335 e. The Morgan fingerprint density at radius 3 is 2.70 bits per heavy atom. The van der Waals surface area contributed by atoms with Gasteiger partial charge in [-0.2, -0.15) is 0 Å². The molecule has 1 amide bonds. The Hall–Kier alpha value is -2.05. The minimum absolute atomic E-state index is 0.0790. The molecule has 23 heavy (non-hydrogen) atoms. The number of methoxy groups -OCH3 is 1. The van der Waals surface area contributed by atoms with Crippen LogP contribution < -0.4 is 10.1 Å². The Morgan fingerprint density at radius 2 is 2.09 bits per heavy atom. The topological polar surface area (TPSA) is 75.6 Å². The third-order valence-electron chi connectivity index (χ3n) is 3.21. The van der Waals surface area contributed by atoms with Crippen molar-refractivity contribution in [1.82, 2.24) is 5.32 Å². The van der Waals surface area contributed by atoms with Crippen LogP contribution in [0.2, 0.25) is 4.34 Å². The van der Waals surface area contributed by atoms with Gasteiger partial charge >= 0.3 is 5.97 Å². The molecule has 0 bridgehead atoms. The summed E-state index contributed by atoms with van der Waals surface area (Å²) in [6, 6.07) is 8.31. The number of hydrogen-bond donors (Lipinski definition) is 2. The van der Waals surface area contributed by atoms with Gasteiger partial charge in [0.25, 0.3) is 0 Å². The average Bonchev–Trinajstić information content (AvgIpc) is 2.92. The summed E-state index contributed by atoms with van der Waals surface area (Å²) in [5.74, 6) is -0.577. The zero-order chi connectivity index (χ0) is 16.8. The van der Waals surface area contributed by atoms with E-state index in [1.54, 1.807) is 12.1 Å². The van der Waals surface area contributed by atoms with Crippen LogP contribution in [0.15, 0.2) is 30.3 Å². The van der Waals surface area contributed by atoms with Crippen LogP contribution in [0.25, 0.3) is 0 Å². The highest BCUT2D eigenvalue weighted by Crippen LogP contribution is 2.22. The second kappa shape index (κ2) is 7.99. The Labute approximate surface area is 142 Å². The fourth-order valence-corrected chi connectivity index (χ4v) is 3.17. The number of rotatable bonds is 7. The molecule has 7 heteroatoms. The molecule has 1 heterocycles. The van der Waals surface area contributed by atoms with E-state index in [4.69, 9.17) is 21.4 Å². The number of hydrogen-bond acceptors (Lipinski definition) is 4. The van der Waals surface area contributed by atoms with Gasteiger partial charge in [0.1, 0.15) is 5.75 Å². The number of benzene rings is 1. The lowest BCUT2D eigenvalue weighted by molar-refractivity contribution is -0.120. The molecule has 0 unspecified atom stereocenters. The van der Waals surface area contributed by atoms with Gasteiger partial charge in [0.2, 0.25) is 5.91 Å². The summed E-state index contributed by atoms with van der Waals surface area (Å²) in [5.41, 5.74) is 1.01. The van der Waals surface area contributed by atoms with Crippen molar-refractivity contribution in [2.24, 2.45) is 0 Å². The van der Waals surface area contributed by atoms with Crippen LogP contribution in [-0.4, -0.2) is 30.6 Å². The molecule has 0 spiro atoms. The number of nitrogens with one attached hydrogen (secondary N) is 1. The quantitative estimate of drug-likeness (QED) is 0.802. The number of carbonyl (C=O) groups is 2. The van der Waals surface area contributed by atoms with E-state index in [2.05, 4.69) is 5.32 Å². The second-order valence-electron chi connectivity index (χ2n) is 4.81. The molecule has 2 N–H and O–H groups in total. The average molecular weight is 354 g/mol. The summed E-state index contributed by atoms with van der Waals surface area (Å²) in [7, 11) is 1.49. The zero-order valence-corrected chi connectivity index (χ0v) is 14.0. The predicted molar refractivity (Wildman–Crippen MR) is 89.7 cm³/mol. The fourth-order valence-electron chi connectivity index (χ4n) is 2.09. The van der Waals surface area contributed by atoms with Crippen LogP contribution in [0.4, 0.5) is 0 Å². The van der Waals surface area contributed by atoms with E-state index >= 15 is 0 Å². The molecule has 0 atom stereocenters. The van der Waals surface area contributed by atoms with Crippen molar-refractivity contribution < 1.29 is 19.4 Å². The Kier molecular flexibility index (Phi) is 6.01. The fraction of sp³-hybridized carbons (Fsp3) is 0.250. The molecule has 5 nitrogen and oxygen atoms in total. The summed E-state index contributed by atoms with van der Waals surface area (Å²) in [6.07, 6.45) is 0.854. The summed E-state index contributed by atoms with van der Waals surface area (Å²) >= 11 is 7.21. The molecular weight excluding hydrogens is 338 g/mol. The van der Waals surface area contributed by atoms with Crippen molar-refractivity contribution in [3.8, 4) is 5.75 Å². The van der Waals surface area contributed by atoms with Gasteiger partial charge < -0.3 is 15.2 Å². The normalized spacial score (nSPS) is 10.3. The van der Waals surface area contributed by atoms with Crippen LogP contribution in [0.1, 0.15) is 20.8 Å². The third-order valence-corrected chi connectivity index (χ3v) is 4.45. The summed E-state index contributed by atoms with van der Waals surface area (Å²) < 4.78 is 5.87. The van der Waals surface area contributed by atoms with Gasteiger partial charge in [-0.1, -0.05) is 17.7 Å². The number of aromatic carboxylic acids is 1. The Bertz CT molecular complexity index is 714. The number of halogens is 1. The van der Waals surface area contributed by atoms with Crippen molar-refractivity contribution in [3.63, 3.8) is 0 Å². The molecule has 0 saturated heterocycles. The second-order valence-corrected chi connectivity index (χ2v) is 6.61. The van der Waals surface area contributed by atoms with Gasteiger partial charge in [0.15, 0.2) is 0 Å². The van der Waals surface area contributed by atoms with E-state index in [9.17, 15) is 9.59 Å². The predicted octanol–water partition coefficient (Wildman–Crippen LogP) is 3.01. The highest BCUT2D eigenvalue weighted by molar-refractivity contribution is 7.16. The molecule has 0 aliphatic heterocycles. The number of carbonyl (C=O) groups excluding carboxylic acids is 1. The lowest BCUT2D eigenvalue weighted by Crippen LogP contribution is -2.27. The molecule has 0 aliphatic rings. The Morgan fingerprint density at radius 1 is 1.30 bits per heavy atom. The number of ether oxygens (including phenoxy) is 1. The maximum atomic E-state index is 11.9. The van der Waals surface area contributed by atoms with Crippen LogP contribution in [0.5, 0.6) is 5.75 Å². The number of carboxylic acids is 1. The first-order valence-corrected chi connectivity index (χ1v) is 8.10. The van der Waals surface area contributed by atoms with Crippen molar-refractivity contribution in [2.45, 2.75) is 12.8 Å². The molecule has 2 rings (SSSR count). The van der Waals surface area contributed by atoms with Crippen molar-refractivity contribution >= 4 is 34.8 Å². The highest BCUT2D eigenvalue weighted by Gasteiger charge is 2.10. The molecule has 0 aliphatic carbocycles. The first-order valence-electron chi connectivity index (χ1n) is 6.90. The van der Waals surface area contributed by atoms with E-state index in [0.29, 0.717) is 29.5 Å². The molecule has 0 fully saturated rings. The monoisotopic (exact) mass is 353 g/mol. The summed E-state index contributed by atoms with van der Waals surface area (Å²) in [5, 5.41) is 11.8. The molecule has 1 aromatic heterocycles. The molecule has 0 saturated carbocycles. The number of carboxylic acid groups (broad SMARTS) is 1. The van der Waals surface area contributed by atoms with Crippen LogP contribution in [0.3, 0.4) is 0 Å². The maximum absolute atomic E-state index is 11.9. The van der Waals surface area contributed by atoms with E-state index in [1.807, 2.05) is 6.07 Å². The number of amides is 1. The van der Waals surface area contributed by atoms with E-state index in [-0.39, 0.29) is 11.5 Å². The van der Waals surface area contributed by atoms with E-state index < -0.39 is 5.97 Å². The summed E-state index contributed by atoms with van der Waals surface area (Å²) in [6.45, 7) is 0.445. The number of thiophene rings is 1. The van der Waals surface area contributed by atoms with Crippen molar-refractivity contribution in [1.29, 1.82) is 0 Å². The maximum Gasteiger partial charge on any atom is 0.335 e. The van der Waals surface area contributed by atoms with Crippen LogP contribution in [-0.2, 0) is 17.6 Å². The Balaban J connectivity index is 1.88. The minimum atomic E-state index is -1.00. The summed E-state index contributed by atoms with van der Waals surface area (Å²) in [4.78, 5) is 23.7. The molecular formula is C16H16ClNO4S. The minimum Gasteiger partial charge on any atom is -0.496 e. The van der Waals surface area contributed by atoms with Gasteiger partial charge in [-0.3, -0.25) is 4.79 Å². The lowest BCUT2D eigenvalue weighted by Gasteiger charge is -2.10. The standard InChI is InChI=1S/C16H16ClNO4S/c1-22-13-8-11(16(20)21)3-2-10(13)6-7-18-15(19)9-12-4-5-14(17)23-12/h2-5,8H,6-7,9H2,1H3,(H,18,19)(H,20,21). The van der Waals surface area contributed by atoms with Gasteiger partial charge in [-0.15, -0.1) is 11.3 Å². The third kappa shape index (κ3) is 4.97. The highest BCUT2D eigenvalue weighted by atomic mass is 35.5. The van der Waals surface area contributed by atoms with Crippen LogP contribution >= 0.6 is 22.9 Å². The largest absolute Gasteiger partial charge is 0.496 e. The SMILES string of the molecule is COc1cc(C(=O)O)ccc1CCNC(=O)Cc1ccc(Cl)s1. The molecule has 2 aromatic rings. The zero-order valence-electron chi connectivity index (χ0n) is 12.5. The first-order chi connectivity index (χ1) is 11.0. The van der Waals surface area contributed by atoms with Crippen LogP contribution in [0, 0.1) is 0 Å². The lowest BCUT2D eigenvalue weighted by atomic mass is 10.1. The van der Waals surface area contributed by atoms with E-state index in [1.165, 1.54) is 30.6 Å². The van der Waals surface area contributed by atoms with Gasteiger partial charge in [-0.05, 0) is 36.2 Å². The molecule has 1 aromatic carbocycles. The molecule has 122 valence electrons. The molecule has 0 radical (unpaired) electrons. The first kappa shape index (κ1) is 17.3.